The monoisotopic (exact) mass is 541 g/mol. The Hall–Kier alpha value is -3.45. The highest BCUT2D eigenvalue weighted by molar-refractivity contribution is 5.70. The van der Waals surface area contributed by atoms with Crippen molar-refractivity contribution >= 4 is 11.9 Å². The molecule has 0 saturated carbocycles. The number of benzene rings is 2. The van der Waals surface area contributed by atoms with Crippen LogP contribution in [-0.2, 0) is 24.2 Å². The van der Waals surface area contributed by atoms with E-state index in [1.807, 2.05) is 25.7 Å². The molecule has 0 radical (unpaired) electrons. The SMILES string of the molecule is Cc1cccc(C)c1-c1nc2c(c(N3CC(C)N(C(=O)OC(C)(C)C)CC3C)n1)CN(Cc1ccccc1)CC2. The first-order valence-corrected chi connectivity index (χ1v) is 14.5. The van der Waals surface area contributed by atoms with Gasteiger partial charge in [0.1, 0.15) is 11.4 Å². The fourth-order valence-corrected chi connectivity index (χ4v) is 5.94. The summed E-state index contributed by atoms with van der Waals surface area (Å²) in [4.78, 5) is 30.3. The summed E-state index contributed by atoms with van der Waals surface area (Å²) in [5.74, 6) is 1.80. The first-order valence-electron chi connectivity index (χ1n) is 14.5. The van der Waals surface area contributed by atoms with E-state index >= 15 is 0 Å². The van der Waals surface area contributed by atoms with Gasteiger partial charge in [-0.15, -0.1) is 0 Å². The number of rotatable bonds is 4. The summed E-state index contributed by atoms with van der Waals surface area (Å²) >= 11 is 0. The summed E-state index contributed by atoms with van der Waals surface area (Å²) < 4.78 is 5.74. The van der Waals surface area contributed by atoms with Gasteiger partial charge in [0.05, 0.1) is 5.69 Å². The number of piperazine rings is 1. The molecule has 40 heavy (non-hydrogen) atoms. The lowest BCUT2D eigenvalue weighted by Crippen LogP contribution is -2.59. The van der Waals surface area contributed by atoms with E-state index < -0.39 is 5.60 Å². The van der Waals surface area contributed by atoms with Crippen molar-refractivity contribution in [1.29, 1.82) is 0 Å². The number of aromatic nitrogens is 2. The summed E-state index contributed by atoms with van der Waals surface area (Å²) in [5.41, 5.74) is 6.63. The first-order chi connectivity index (χ1) is 19.0. The van der Waals surface area contributed by atoms with E-state index in [2.05, 4.69) is 86.0 Å². The van der Waals surface area contributed by atoms with Gasteiger partial charge in [0.2, 0.25) is 0 Å². The quantitative estimate of drug-likeness (QED) is 0.395. The van der Waals surface area contributed by atoms with Gasteiger partial charge in [-0.25, -0.2) is 14.8 Å². The van der Waals surface area contributed by atoms with Crippen molar-refractivity contribution in [2.24, 2.45) is 0 Å². The number of hydrogen-bond donors (Lipinski definition) is 0. The Balaban J connectivity index is 1.51. The average Bonchev–Trinajstić information content (AvgIpc) is 2.89. The van der Waals surface area contributed by atoms with Crippen LogP contribution in [0.1, 0.15) is 62.6 Å². The van der Waals surface area contributed by atoms with Gasteiger partial charge in [-0.2, -0.15) is 0 Å². The molecule has 3 aromatic rings. The van der Waals surface area contributed by atoms with E-state index in [0.717, 1.165) is 49.0 Å². The molecule has 2 aliphatic heterocycles. The minimum Gasteiger partial charge on any atom is -0.444 e. The molecule has 2 aromatic carbocycles. The Morgan fingerprint density at radius 1 is 0.950 bits per heavy atom. The van der Waals surface area contributed by atoms with Gasteiger partial charge < -0.3 is 14.5 Å². The van der Waals surface area contributed by atoms with Crippen LogP contribution < -0.4 is 4.90 Å². The van der Waals surface area contributed by atoms with Crippen molar-refractivity contribution in [3.05, 3.63) is 76.5 Å². The maximum Gasteiger partial charge on any atom is 0.410 e. The summed E-state index contributed by atoms with van der Waals surface area (Å²) in [6.45, 7) is 18.2. The van der Waals surface area contributed by atoms with Gasteiger partial charge in [-0.3, -0.25) is 4.90 Å². The van der Waals surface area contributed by atoms with Gasteiger partial charge in [0.15, 0.2) is 5.82 Å². The molecule has 1 saturated heterocycles. The lowest BCUT2D eigenvalue weighted by molar-refractivity contribution is 0.0129. The topological polar surface area (TPSA) is 61.8 Å². The smallest absolute Gasteiger partial charge is 0.410 e. The maximum atomic E-state index is 13.0. The minimum atomic E-state index is -0.522. The molecule has 2 atom stereocenters. The molecule has 0 spiro atoms. The molecule has 7 heteroatoms. The van der Waals surface area contributed by atoms with E-state index in [0.29, 0.717) is 13.1 Å². The van der Waals surface area contributed by atoms with Crippen LogP contribution in [0.2, 0.25) is 0 Å². The second kappa shape index (κ2) is 11.2. The molecule has 0 bridgehead atoms. The molecule has 5 rings (SSSR count). The summed E-state index contributed by atoms with van der Waals surface area (Å²) in [6, 6.07) is 17.1. The number of fused-ring (bicyclic) bond motifs is 1. The lowest BCUT2D eigenvalue weighted by atomic mass is 9.99. The van der Waals surface area contributed by atoms with Crippen molar-refractivity contribution in [3.8, 4) is 11.4 Å². The summed E-state index contributed by atoms with van der Waals surface area (Å²) in [6.07, 6.45) is 0.638. The molecule has 3 heterocycles. The second-order valence-corrected chi connectivity index (χ2v) is 12.5. The Bertz CT molecular complexity index is 1350. The normalized spacial score (nSPS) is 19.9. The predicted octanol–water partition coefficient (Wildman–Crippen LogP) is 6.15. The third-order valence-corrected chi connectivity index (χ3v) is 7.96. The van der Waals surface area contributed by atoms with Crippen molar-refractivity contribution in [3.63, 3.8) is 0 Å². The number of ether oxygens (including phenoxy) is 1. The highest BCUT2D eigenvalue weighted by Crippen LogP contribution is 2.35. The van der Waals surface area contributed by atoms with E-state index in [1.165, 1.54) is 22.3 Å². The Morgan fingerprint density at radius 2 is 1.65 bits per heavy atom. The fourth-order valence-electron chi connectivity index (χ4n) is 5.94. The Kier molecular flexibility index (Phi) is 7.87. The van der Waals surface area contributed by atoms with Crippen LogP contribution in [-0.4, -0.2) is 63.2 Å². The van der Waals surface area contributed by atoms with Crippen molar-refractivity contribution in [1.82, 2.24) is 19.8 Å². The molecular weight excluding hydrogens is 498 g/mol. The summed E-state index contributed by atoms with van der Waals surface area (Å²) in [5, 5.41) is 0. The maximum absolute atomic E-state index is 13.0. The molecular formula is C33H43N5O2. The molecule has 2 unspecified atom stereocenters. The van der Waals surface area contributed by atoms with Crippen LogP contribution in [0.5, 0.6) is 0 Å². The molecule has 1 amide bonds. The van der Waals surface area contributed by atoms with Crippen LogP contribution >= 0.6 is 0 Å². The van der Waals surface area contributed by atoms with E-state index in [9.17, 15) is 4.79 Å². The molecule has 2 aliphatic rings. The Labute approximate surface area is 239 Å². The average molecular weight is 542 g/mol. The third-order valence-electron chi connectivity index (χ3n) is 7.96. The van der Waals surface area contributed by atoms with Gasteiger partial charge in [-0.1, -0.05) is 48.5 Å². The molecule has 7 nitrogen and oxygen atoms in total. The number of carbonyl (C=O) groups excluding carboxylic acids is 1. The number of aryl methyl sites for hydroxylation is 2. The van der Waals surface area contributed by atoms with Crippen molar-refractivity contribution < 1.29 is 9.53 Å². The Morgan fingerprint density at radius 3 is 2.33 bits per heavy atom. The van der Waals surface area contributed by atoms with Crippen LogP contribution in [0.3, 0.4) is 0 Å². The van der Waals surface area contributed by atoms with E-state index in [-0.39, 0.29) is 18.2 Å². The van der Waals surface area contributed by atoms with Crippen LogP contribution in [0.25, 0.3) is 11.4 Å². The molecule has 0 aliphatic carbocycles. The first kappa shape index (κ1) is 28.1. The highest BCUT2D eigenvalue weighted by Gasteiger charge is 2.37. The van der Waals surface area contributed by atoms with E-state index in [4.69, 9.17) is 14.7 Å². The zero-order valence-electron chi connectivity index (χ0n) is 25.1. The van der Waals surface area contributed by atoms with Gasteiger partial charge in [0.25, 0.3) is 0 Å². The zero-order chi connectivity index (χ0) is 28.6. The third kappa shape index (κ3) is 5.99. The molecule has 0 N–H and O–H groups in total. The van der Waals surface area contributed by atoms with Crippen molar-refractivity contribution in [2.45, 2.75) is 85.7 Å². The fraction of sp³-hybridized carbons (Fsp3) is 0.485. The molecule has 212 valence electrons. The van der Waals surface area contributed by atoms with Gasteiger partial charge >= 0.3 is 6.09 Å². The molecule has 1 aromatic heterocycles. The van der Waals surface area contributed by atoms with Crippen LogP contribution in [0.15, 0.2) is 48.5 Å². The number of amides is 1. The number of nitrogens with zero attached hydrogens (tertiary/aromatic N) is 5. The predicted molar refractivity (Wildman–Crippen MR) is 160 cm³/mol. The lowest BCUT2D eigenvalue weighted by Gasteiger charge is -2.45. The number of hydrogen-bond acceptors (Lipinski definition) is 6. The van der Waals surface area contributed by atoms with E-state index in [1.54, 1.807) is 0 Å². The van der Waals surface area contributed by atoms with Gasteiger partial charge in [-0.05, 0) is 65.2 Å². The van der Waals surface area contributed by atoms with Crippen molar-refractivity contribution in [2.75, 3.05) is 24.5 Å². The summed E-state index contributed by atoms with van der Waals surface area (Å²) in [7, 11) is 0. The zero-order valence-corrected chi connectivity index (χ0v) is 25.1. The number of anilines is 1. The van der Waals surface area contributed by atoms with Gasteiger partial charge in [0, 0.05) is 62.4 Å². The molecule has 1 fully saturated rings. The number of carbonyl (C=O) groups is 1. The largest absolute Gasteiger partial charge is 0.444 e. The van der Waals surface area contributed by atoms with Crippen LogP contribution in [0.4, 0.5) is 10.6 Å². The highest BCUT2D eigenvalue weighted by atomic mass is 16.6. The van der Waals surface area contributed by atoms with Crippen LogP contribution in [0, 0.1) is 13.8 Å². The minimum absolute atomic E-state index is 0.00988. The standard InChI is InChI=1S/C33H43N5O2/c1-22-12-11-13-23(2)29(22)30-34-28-16-17-36(20-26-14-9-8-10-15-26)21-27(28)31(35-30)37-18-25(4)38(19-24(37)3)32(39)40-33(5,6)7/h8-15,24-25H,16-21H2,1-7H3. The second-order valence-electron chi connectivity index (χ2n) is 12.5.